The Morgan fingerprint density at radius 2 is 0.550 bits per heavy atom. The third-order valence-corrected chi connectivity index (χ3v) is 22.2. The van der Waals surface area contributed by atoms with E-state index in [9.17, 15) is 0 Å². The van der Waals surface area contributed by atoms with Gasteiger partial charge in [-0.05, 0) is 210 Å². The van der Waals surface area contributed by atoms with E-state index in [1.54, 1.807) is 0 Å². The quantitative estimate of drug-likeness (QED) is 0.165. The third kappa shape index (κ3) is 8.79. The van der Waals surface area contributed by atoms with E-state index in [-0.39, 0.29) is 10.8 Å². The second-order valence-electron chi connectivity index (χ2n) is 28.5. The van der Waals surface area contributed by atoms with Crippen molar-refractivity contribution in [3.63, 3.8) is 0 Å². The van der Waals surface area contributed by atoms with Crippen molar-refractivity contribution < 1.29 is 0 Å². The van der Waals surface area contributed by atoms with Gasteiger partial charge in [0, 0.05) is 82.0 Å². The average molecular weight is 1280 g/mol. The molecule has 0 fully saturated rings. The molecular weight excluding hydrogens is 1210 g/mol. The first-order valence-corrected chi connectivity index (χ1v) is 35.0. The molecule has 15 aromatic carbocycles. The molecule has 0 bridgehead atoms. The van der Waals surface area contributed by atoms with E-state index < -0.39 is 0 Å². The number of H-pyrrole nitrogens is 1. The van der Waals surface area contributed by atoms with Crippen molar-refractivity contribution >= 4 is 87.2 Å². The summed E-state index contributed by atoms with van der Waals surface area (Å²) in [4.78, 5) is 3.73. The van der Waals surface area contributed by atoms with E-state index in [2.05, 4.69) is 380 Å². The number of nitrogens with one attached hydrogen (secondary N) is 1. The fourth-order valence-corrected chi connectivity index (χ4v) is 17.3. The van der Waals surface area contributed by atoms with Gasteiger partial charge in [-0.3, -0.25) is 0 Å². The molecule has 1 N–H and O–H groups in total. The van der Waals surface area contributed by atoms with Gasteiger partial charge in [0.25, 0.3) is 0 Å². The molecule has 21 rings (SSSR count). The summed E-state index contributed by atoms with van der Waals surface area (Å²) in [6, 6.07) is 123. The van der Waals surface area contributed by atoms with Gasteiger partial charge < -0.3 is 18.7 Å². The van der Waals surface area contributed by atoms with Gasteiger partial charge >= 0.3 is 0 Å². The molecule has 19 aromatic rings. The smallest absolute Gasteiger partial charge is 0.0547 e. The molecule has 100 heavy (non-hydrogen) atoms. The Morgan fingerprint density at radius 1 is 0.200 bits per heavy atom. The van der Waals surface area contributed by atoms with E-state index in [1.165, 1.54) is 188 Å². The predicted octanol–water partition coefficient (Wildman–Crippen LogP) is 25.6. The van der Waals surface area contributed by atoms with Crippen molar-refractivity contribution in [2.45, 2.75) is 38.5 Å². The molecule has 472 valence electrons. The topological polar surface area (TPSA) is 30.6 Å². The summed E-state index contributed by atoms with van der Waals surface area (Å²) in [7, 11) is 0. The summed E-state index contributed by atoms with van der Waals surface area (Å²) in [6.45, 7) is 9.45. The molecule has 0 aliphatic heterocycles. The molecule has 0 spiro atoms. The lowest BCUT2D eigenvalue weighted by Gasteiger charge is -2.21. The summed E-state index contributed by atoms with van der Waals surface area (Å²) in [6.07, 6.45) is 0. The highest BCUT2D eigenvalue weighted by molar-refractivity contribution is 6.16. The SMILES string of the molecule is CC1(C)c2ccccc2-c2cc3[nH]c4ccc(-c5ccc6c(c5)c5ccccc5n6-c5cccc(-c6ccccc6)c5)cc4c3cc21.CC1(C)c2ccccc2-c2cc3c(cc21)c1cc(-c2ccc4c(c2)c2ccccc2n4-c2cccc(-c4ccccc4)c2)ccc1n3-c1ccccc1. The molecule has 4 nitrogen and oxygen atoms in total. The van der Waals surface area contributed by atoms with Gasteiger partial charge in [0.2, 0.25) is 0 Å². The van der Waals surface area contributed by atoms with Crippen LogP contribution in [0.4, 0.5) is 0 Å². The van der Waals surface area contributed by atoms with Gasteiger partial charge in [-0.2, -0.15) is 0 Å². The van der Waals surface area contributed by atoms with E-state index in [0.717, 1.165) is 5.69 Å². The molecule has 4 heteroatoms. The molecule has 4 aromatic heterocycles. The van der Waals surface area contributed by atoms with E-state index in [4.69, 9.17) is 0 Å². The maximum Gasteiger partial charge on any atom is 0.0547 e. The molecule has 0 unspecified atom stereocenters. The van der Waals surface area contributed by atoms with Crippen LogP contribution < -0.4 is 0 Å². The first-order valence-electron chi connectivity index (χ1n) is 35.0. The van der Waals surface area contributed by atoms with Crippen LogP contribution in [0.2, 0.25) is 0 Å². The first kappa shape index (κ1) is 57.7. The lowest BCUT2D eigenvalue weighted by Crippen LogP contribution is -2.14. The van der Waals surface area contributed by atoms with Crippen LogP contribution in [0.5, 0.6) is 0 Å². The van der Waals surface area contributed by atoms with Crippen LogP contribution in [0.3, 0.4) is 0 Å². The Bertz CT molecular complexity index is 6570. The second-order valence-corrected chi connectivity index (χ2v) is 28.5. The Morgan fingerprint density at radius 3 is 1.07 bits per heavy atom. The number of fused-ring (bicyclic) bond motifs is 18. The van der Waals surface area contributed by atoms with Crippen LogP contribution in [0.1, 0.15) is 49.9 Å². The number of aromatic amines is 1. The van der Waals surface area contributed by atoms with Gasteiger partial charge in [-0.15, -0.1) is 0 Å². The summed E-state index contributed by atoms with van der Waals surface area (Å²) in [5.41, 5.74) is 33.9. The highest BCUT2D eigenvalue weighted by Crippen LogP contribution is 2.53. The Kier molecular flexibility index (Phi) is 12.7. The van der Waals surface area contributed by atoms with E-state index in [0.29, 0.717) is 0 Å². The molecule has 0 amide bonds. The Balaban J connectivity index is 0.000000136. The minimum Gasteiger partial charge on any atom is -0.354 e. The van der Waals surface area contributed by atoms with Crippen LogP contribution in [-0.2, 0) is 10.8 Å². The van der Waals surface area contributed by atoms with Crippen molar-refractivity contribution in [2.75, 3.05) is 0 Å². The van der Waals surface area contributed by atoms with Crippen molar-refractivity contribution in [3.05, 3.63) is 356 Å². The standard InChI is InChI=1S/C51H36N2.C45H32N2/c1-51(2)45-22-11-9-20-39(45)41-32-50-44(31-46(41)51)43-30-36(25-27-49(43)52(50)37-17-7-4-8-18-37)35-24-26-48-42(29-35)40-21-10-12-23-47(40)53(48)38-19-13-16-34(28-38)33-14-5-3-6-15-33;1-45(2)39-17-8-6-15-33(39)35-27-42-37(26-40(35)45)36-24-30(19-21-41(36)46-42)31-20-22-44-38(25-31)34-16-7-9-18-43(34)47(44)32-14-10-13-29(23-32)28-11-4-3-5-12-28/h3-32H,1-2H3;3-27,46H,1-2H3. The summed E-state index contributed by atoms with van der Waals surface area (Å²) in [5, 5.41) is 10.2. The third-order valence-electron chi connectivity index (χ3n) is 22.2. The maximum atomic E-state index is 3.73. The minimum absolute atomic E-state index is 0.0266. The van der Waals surface area contributed by atoms with Gasteiger partial charge in [-0.1, -0.05) is 240 Å². The lowest BCUT2D eigenvalue weighted by molar-refractivity contribution is 0.661. The Hall–Kier alpha value is -12.5. The molecule has 2 aliphatic rings. The van der Waals surface area contributed by atoms with Crippen molar-refractivity contribution in [2.24, 2.45) is 0 Å². The van der Waals surface area contributed by atoms with Gasteiger partial charge in [0.05, 0.1) is 33.1 Å². The van der Waals surface area contributed by atoms with E-state index in [1.807, 2.05) is 0 Å². The largest absolute Gasteiger partial charge is 0.354 e. The van der Waals surface area contributed by atoms with Crippen molar-refractivity contribution in [1.29, 1.82) is 0 Å². The van der Waals surface area contributed by atoms with Crippen LogP contribution >= 0.6 is 0 Å². The molecule has 0 atom stereocenters. The first-order chi connectivity index (χ1) is 49.1. The molecule has 0 radical (unpaired) electrons. The second kappa shape index (κ2) is 22.0. The number of para-hydroxylation sites is 3. The fourth-order valence-electron chi connectivity index (χ4n) is 17.3. The maximum absolute atomic E-state index is 3.73. The van der Waals surface area contributed by atoms with Crippen LogP contribution in [-0.4, -0.2) is 18.7 Å². The molecule has 0 saturated carbocycles. The highest BCUT2D eigenvalue weighted by atomic mass is 15.0. The summed E-state index contributed by atoms with van der Waals surface area (Å²) >= 11 is 0. The number of nitrogens with zero attached hydrogens (tertiary/aromatic N) is 3. The fraction of sp³-hybridized carbons (Fsp3) is 0.0625. The summed E-state index contributed by atoms with van der Waals surface area (Å²) in [5.74, 6) is 0. The number of hydrogen-bond acceptors (Lipinski definition) is 0. The highest BCUT2D eigenvalue weighted by Gasteiger charge is 2.38. The van der Waals surface area contributed by atoms with Crippen molar-refractivity contribution in [3.8, 4) is 83.8 Å². The summed E-state index contributed by atoms with van der Waals surface area (Å²) < 4.78 is 7.27. The zero-order chi connectivity index (χ0) is 66.5. The number of hydrogen-bond donors (Lipinski definition) is 1. The van der Waals surface area contributed by atoms with Gasteiger partial charge in [-0.25, -0.2) is 0 Å². The lowest BCUT2D eigenvalue weighted by atomic mass is 9.82. The minimum atomic E-state index is -0.0707. The number of benzene rings is 15. The predicted molar refractivity (Wildman–Crippen MR) is 422 cm³/mol. The number of aromatic nitrogens is 4. The van der Waals surface area contributed by atoms with Gasteiger partial charge in [0.1, 0.15) is 0 Å². The monoisotopic (exact) mass is 1280 g/mol. The molecular formula is C96H68N4. The number of rotatable bonds is 7. The van der Waals surface area contributed by atoms with Gasteiger partial charge in [0.15, 0.2) is 0 Å². The van der Waals surface area contributed by atoms with Crippen LogP contribution in [0, 0.1) is 0 Å². The normalized spacial score (nSPS) is 13.4. The molecule has 4 heterocycles. The molecule has 2 aliphatic carbocycles. The zero-order valence-corrected chi connectivity index (χ0v) is 56.1. The van der Waals surface area contributed by atoms with Crippen LogP contribution in [0.15, 0.2) is 334 Å². The zero-order valence-electron chi connectivity index (χ0n) is 56.1. The Labute approximate surface area is 580 Å². The average Bonchev–Trinajstić information content (AvgIpc) is 1.56. The van der Waals surface area contributed by atoms with E-state index >= 15 is 0 Å². The van der Waals surface area contributed by atoms with Crippen molar-refractivity contribution in [1.82, 2.24) is 18.7 Å². The van der Waals surface area contributed by atoms with Crippen LogP contribution in [0.25, 0.3) is 171 Å². The molecule has 0 saturated heterocycles.